The summed E-state index contributed by atoms with van der Waals surface area (Å²) in [4.78, 5) is 19.5. The molecule has 134 valence electrons. The molecule has 1 N–H and O–H groups in total. The average Bonchev–Trinajstić information content (AvgIpc) is 3.02. The van der Waals surface area contributed by atoms with Crippen LogP contribution in [0.2, 0.25) is 5.28 Å². The fourth-order valence-corrected chi connectivity index (χ4v) is 3.07. The number of hydrogen-bond donors (Lipinski definition) is 1. The number of amides is 1. The van der Waals surface area contributed by atoms with Crippen molar-refractivity contribution in [1.29, 1.82) is 0 Å². The highest BCUT2D eigenvalue weighted by Gasteiger charge is 2.20. The second-order valence-electron chi connectivity index (χ2n) is 5.85. The van der Waals surface area contributed by atoms with Gasteiger partial charge in [0.15, 0.2) is 0 Å². The van der Waals surface area contributed by atoms with Crippen molar-refractivity contribution < 1.29 is 9.18 Å². The maximum Gasteiger partial charge on any atom is 0.222 e. The van der Waals surface area contributed by atoms with Crippen molar-refractivity contribution >= 4 is 28.7 Å². The monoisotopic (exact) mass is 381 g/mol. The zero-order valence-corrected chi connectivity index (χ0v) is 14.9. The number of fused-ring (bicyclic) bond motifs is 1. The summed E-state index contributed by atoms with van der Waals surface area (Å²) in [6.45, 7) is 1.43. The van der Waals surface area contributed by atoms with Crippen molar-refractivity contribution in [1.82, 2.24) is 19.6 Å². The molecule has 4 aromatic rings. The first-order chi connectivity index (χ1) is 13.0. The quantitative estimate of drug-likeness (QED) is 0.539. The number of hydrogen-bond acceptors (Lipinski definition) is 4. The first-order valence-electron chi connectivity index (χ1n) is 8.07. The number of nitrogens with one attached hydrogen (secondary N) is 1. The Morgan fingerprint density at radius 1 is 1.22 bits per heavy atom. The standard InChI is InChI=1S/C19H13ClFN5O/c1-11(27)23-13-5-2-4-12(10-13)17-16(15-7-8-22-19(20)24-15)18-14(21)6-3-9-26(18)25-17/h2-10H,1H3,(H,23,27). The lowest BCUT2D eigenvalue weighted by Crippen LogP contribution is -2.05. The third-order valence-corrected chi connectivity index (χ3v) is 4.13. The summed E-state index contributed by atoms with van der Waals surface area (Å²) in [5.74, 6) is -0.616. The molecule has 0 spiro atoms. The molecule has 6 nitrogen and oxygen atoms in total. The Morgan fingerprint density at radius 3 is 2.85 bits per heavy atom. The number of pyridine rings is 1. The van der Waals surface area contributed by atoms with E-state index in [2.05, 4.69) is 20.4 Å². The van der Waals surface area contributed by atoms with Crippen LogP contribution in [0.5, 0.6) is 0 Å². The molecule has 0 atom stereocenters. The zero-order chi connectivity index (χ0) is 19.0. The Bertz CT molecular complexity index is 1170. The average molecular weight is 382 g/mol. The number of carbonyl (C=O) groups is 1. The highest BCUT2D eigenvalue weighted by atomic mass is 35.5. The Labute approximate surface area is 158 Å². The molecule has 0 aliphatic heterocycles. The SMILES string of the molecule is CC(=O)Nc1cccc(-c2nn3cccc(F)c3c2-c2ccnc(Cl)n2)c1. The van der Waals surface area contributed by atoms with E-state index in [1.54, 1.807) is 36.5 Å². The van der Waals surface area contributed by atoms with E-state index in [4.69, 9.17) is 11.6 Å². The van der Waals surface area contributed by atoms with Crippen LogP contribution in [0.3, 0.4) is 0 Å². The van der Waals surface area contributed by atoms with Gasteiger partial charge in [-0.25, -0.2) is 18.9 Å². The molecule has 8 heteroatoms. The summed E-state index contributed by atoms with van der Waals surface area (Å²) in [7, 11) is 0. The van der Waals surface area contributed by atoms with Crippen LogP contribution < -0.4 is 5.32 Å². The van der Waals surface area contributed by atoms with E-state index in [0.29, 0.717) is 28.2 Å². The third-order valence-electron chi connectivity index (χ3n) is 3.95. The van der Waals surface area contributed by atoms with E-state index in [1.807, 2.05) is 6.07 Å². The molecular weight excluding hydrogens is 369 g/mol. The van der Waals surface area contributed by atoms with E-state index in [9.17, 15) is 9.18 Å². The summed E-state index contributed by atoms with van der Waals surface area (Å²) < 4.78 is 16.1. The van der Waals surface area contributed by atoms with Crippen LogP contribution in [0.15, 0.2) is 54.9 Å². The fraction of sp³-hybridized carbons (Fsp3) is 0.0526. The summed E-state index contributed by atoms with van der Waals surface area (Å²) in [5, 5.41) is 7.32. The molecule has 0 bridgehead atoms. The maximum absolute atomic E-state index is 14.6. The van der Waals surface area contributed by atoms with Crippen molar-refractivity contribution in [3.05, 3.63) is 66.0 Å². The summed E-state index contributed by atoms with van der Waals surface area (Å²) >= 11 is 5.94. The molecule has 3 heterocycles. The van der Waals surface area contributed by atoms with Crippen LogP contribution in [-0.4, -0.2) is 25.5 Å². The van der Waals surface area contributed by atoms with Crippen LogP contribution in [-0.2, 0) is 4.79 Å². The molecule has 4 rings (SSSR count). The Hall–Kier alpha value is -3.32. The van der Waals surface area contributed by atoms with Gasteiger partial charge in [-0.3, -0.25) is 4.79 Å². The zero-order valence-electron chi connectivity index (χ0n) is 14.1. The van der Waals surface area contributed by atoms with Crippen LogP contribution in [0.4, 0.5) is 10.1 Å². The fourth-order valence-electron chi connectivity index (χ4n) is 2.93. The van der Waals surface area contributed by atoms with Crippen LogP contribution in [0, 0.1) is 5.82 Å². The van der Waals surface area contributed by atoms with Crippen LogP contribution in [0.1, 0.15) is 6.92 Å². The normalized spacial score (nSPS) is 10.9. The summed E-state index contributed by atoms with van der Waals surface area (Å²) in [6.07, 6.45) is 3.17. The second-order valence-corrected chi connectivity index (χ2v) is 6.18. The number of anilines is 1. The minimum Gasteiger partial charge on any atom is -0.326 e. The highest BCUT2D eigenvalue weighted by molar-refractivity contribution is 6.28. The topological polar surface area (TPSA) is 72.2 Å². The molecule has 0 aliphatic carbocycles. The molecular formula is C19H13ClFN5O. The second kappa shape index (κ2) is 6.77. The number of halogens is 2. The van der Waals surface area contributed by atoms with Gasteiger partial charge in [0, 0.05) is 30.6 Å². The number of carbonyl (C=O) groups excluding carboxylic acids is 1. The van der Waals surface area contributed by atoms with E-state index >= 15 is 0 Å². The molecule has 3 aromatic heterocycles. The molecule has 0 saturated carbocycles. The van der Waals surface area contributed by atoms with E-state index in [-0.39, 0.29) is 16.7 Å². The first-order valence-corrected chi connectivity index (χ1v) is 8.44. The van der Waals surface area contributed by atoms with Gasteiger partial charge in [0.2, 0.25) is 11.2 Å². The largest absolute Gasteiger partial charge is 0.326 e. The van der Waals surface area contributed by atoms with E-state index in [0.717, 1.165) is 0 Å². The number of nitrogens with zero attached hydrogens (tertiary/aromatic N) is 4. The Kier molecular flexibility index (Phi) is 4.29. The van der Waals surface area contributed by atoms with Gasteiger partial charge in [0.25, 0.3) is 0 Å². The van der Waals surface area contributed by atoms with Crippen LogP contribution in [0.25, 0.3) is 28.0 Å². The highest BCUT2D eigenvalue weighted by Crippen LogP contribution is 2.36. The maximum atomic E-state index is 14.6. The number of rotatable bonds is 3. The lowest BCUT2D eigenvalue weighted by Gasteiger charge is -2.06. The lowest BCUT2D eigenvalue weighted by atomic mass is 10.0. The van der Waals surface area contributed by atoms with E-state index in [1.165, 1.54) is 23.7 Å². The van der Waals surface area contributed by atoms with Gasteiger partial charge >= 0.3 is 0 Å². The minimum absolute atomic E-state index is 0.0566. The van der Waals surface area contributed by atoms with Gasteiger partial charge in [-0.2, -0.15) is 5.10 Å². The van der Waals surface area contributed by atoms with Crippen molar-refractivity contribution in [3.8, 4) is 22.5 Å². The van der Waals surface area contributed by atoms with Gasteiger partial charge in [-0.05, 0) is 41.9 Å². The first kappa shape index (κ1) is 17.1. The Morgan fingerprint density at radius 2 is 2.07 bits per heavy atom. The molecule has 0 radical (unpaired) electrons. The molecule has 0 aliphatic rings. The summed E-state index contributed by atoms with van der Waals surface area (Å²) in [6, 6.07) is 11.7. The van der Waals surface area contributed by atoms with Gasteiger partial charge in [-0.1, -0.05) is 12.1 Å². The smallest absolute Gasteiger partial charge is 0.222 e. The Balaban J connectivity index is 2.00. The number of benzene rings is 1. The molecule has 0 saturated heterocycles. The molecule has 27 heavy (non-hydrogen) atoms. The molecule has 0 unspecified atom stereocenters. The van der Waals surface area contributed by atoms with Gasteiger partial charge in [-0.15, -0.1) is 0 Å². The molecule has 1 amide bonds. The van der Waals surface area contributed by atoms with Crippen LogP contribution >= 0.6 is 11.6 Å². The third kappa shape index (κ3) is 3.24. The predicted octanol–water partition coefficient (Wildman–Crippen LogP) is 4.21. The van der Waals surface area contributed by atoms with Gasteiger partial charge in [0.05, 0.1) is 11.3 Å². The van der Waals surface area contributed by atoms with E-state index < -0.39 is 5.82 Å². The predicted molar refractivity (Wildman–Crippen MR) is 101 cm³/mol. The van der Waals surface area contributed by atoms with Crippen molar-refractivity contribution in [2.24, 2.45) is 0 Å². The molecule has 1 aromatic carbocycles. The lowest BCUT2D eigenvalue weighted by molar-refractivity contribution is -0.114. The van der Waals surface area contributed by atoms with Crippen molar-refractivity contribution in [2.75, 3.05) is 5.32 Å². The van der Waals surface area contributed by atoms with Gasteiger partial charge in [0.1, 0.15) is 17.0 Å². The van der Waals surface area contributed by atoms with Crippen molar-refractivity contribution in [3.63, 3.8) is 0 Å². The van der Waals surface area contributed by atoms with Crippen molar-refractivity contribution in [2.45, 2.75) is 6.92 Å². The van der Waals surface area contributed by atoms with Gasteiger partial charge < -0.3 is 5.32 Å². The number of aromatic nitrogens is 4. The minimum atomic E-state index is -0.431. The molecule has 0 fully saturated rings. The summed E-state index contributed by atoms with van der Waals surface area (Å²) in [5.41, 5.74) is 3.07.